The summed E-state index contributed by atoms with van der Waals surface area (Å²) in [4.78, 5) is 11.3. The van der Waals surface area contributed by atoms with E-state index in [1.807, 2.05) is 55.4 Å². The van der Waals surface area contributed by atoms with Crippen LogP contribution < -0.4 is 10.2 Å². The van der Waals surface area contributed by atoms with E-state index >= 15 is 0 Å². The minimum atomic E-state index is -3.35. The Morgan fingerprint density at radius 3 is 2.55 bits per heavy atom. The van der Waals surface area contributed by atoms with Crippen LogP contribution in [0, 0.1) is 0 Å². The molecule has 1 aromatic heterocycles. The van der Waals surface area contributed by atoms with Gasteiger partial charge >= 0.3 is 0 Å². The quantitative estimate of drug-likeness (QED) is 0.675. The maximum Gasteiger partial charge on any atom is 0.214 e. The third-order valence-electron chi connectivity index (χ3n) is 5.18. The van der Waals surface area contributed by atoms with Gasteiger partial charge in [0.05, 0.1) is 24.0 Å². The predicted octanol–water partition coefficient (Wildman–Crippen LogP) is 2.36. The first-order valence-corrected chi connectivity index (χ1v) is 11.7. The second-order valence-electron chi connectivity index (χ2n) is 7.78. The number of aromatic nitrogens is 2. The zero-order chi connectivity index (χ0) is 20.9. The molecular weight excluding hydrogens is 386 g/mol. The normalized spacial score (nSPS) is 17.0. The van der Waals surface area contributed by atoms with E-state index in [9.17, 15) is 8.42 Å². The van der Waals surface area contributed by atoms with Crippen molar-refractivity contribution < 1.29 is 8.42 Å². The van der Waals surface area contributed by atoms with E-state index in [2.05, 4.69) is 15.3 Å². The number of aryl methyl sites for hydroxylation is 1. The molecule has 0 bridgehead atoms. The molecule has 1 aliphatic heterocycles. The Morgan fingerprint density at radius 2 is 1.90 bits per heavy atom. The zero-order valence-electron chi connectivity index (χ0n) is 17.5. The monoisotopic (exact) mass is 417 g/mol. The molecule has 0 saturated carbocycles. The maximum atomic E-state index is 12.7. The Balaban J connectivity index is 1.67. The fourth-order valence-electron chi connectivity index (χ4n) is 3.46. The third kappa shape index (κ3) is 5.98. The molecule has 7 nitrogen and oxygen atoms in total. The number of nitrogens with one attached hydrogen (secondary N) is 1. The summed E-state index contributed by atoms with van der Waals surface area (Å²) in [5.41, 5.74) is 1.88. The van der Waals surface area contributed by atoms with E-state index < -0.39 is 10.0 Å². The summed E-state index contributed by atoms with van der Waals surface area (Å²) in [6, 6.07) is 12.0. The number of nitrogens with zero attached hydrogens (tertiary/aromatic N) is 4. The van der Waals surface area contributed by atoms with Crippen molar-refractivity contribution in [3.8, 4) is 0 Å². The van der Waals surface area contributed by atoms with Gasteiger partial charge in [0, 0.05) is 27.2 Å². The molecule has 2 aromatic rings. The van der Waals surface area contributed by atoms with E-state index in [-0.39, 0.29) is 18.3 Å². The van der Waals surface area contributed by atoms with Crippen LogP contribution in [0.1, 0.15) is 42.4 Å². The van der Waals surface area contributed by atoms with Gasteiger partial charge in [0.15, 0.2) is 0 Å². The molecule has 1 N–H and O–H groups in total. The van der Waals surface area contributed by atoms with Gasteiger partial charge in [-0.05, 0) is 37.8 Å². The lowest BCUT2D eigenvalue weighted by atomic mass is 10.1. The average molecular weight is 418 g/mol. The second kappa shape index (κ2) is 9.65. The third-order valence-corrected chi connectivity index (χ3v) is 7.07. The molecule has 2 heterocycles. The molecule has 29 heavy (non-hydrogen) atoms. The largest absolute Gasteiger partial charge is 0.363 e. The summed E-state index contributed by atoms with van der Waals surface area (Å²) in [7, 11) is 2.14. The van der Waals surface area contributed by atoms with Crippen molar-refractivity contribution in [1.82, 2.24) is 19.6 Å². The molecule has 0 aliphatic carbocycles. The molecule has 1 fully saturated rings. The number of hydrogen-bond acceptors (Lipinski definition) is 6. The first-order valence-electron chi connectivity index (χ1n) is 10.1. The Hall–Kier alpha value is -2.03. The number of hydrogen-bond donors (Lipinski definition) is 1. The lowest BCUT2D eigenvalue weighted by Crippen LogP contribution is -2.30. The van der Waals surface area contributed by atoms with E-state index in [1.165, 1.54) is 4.31 Å². The van der Waals surface area contributed by atoms with E-state index in [0.29, 0.717) is 6.42 Å². The molecule has 0 radical (unpaired) electrons. The lowest BCUT2D eigenvalue weighted by Gasteiger charge is -2.20. The van der Waals surface area contributed by atoms with Gasteiger partial charge in [-0.25, -0.2) is 18.4 Å². The molecule has 3 rings (SSSR count). The van der Waals surface area contributed by atoms with Crippen molar-refractivity contribution in [3.63, 3.8) is 0 Å². The minimum Gasteiger partial charge on any atom is -0.363 e. The van der Waals surface area contributed by atoms with Gasteiger partial charge in [0.2, 0.25) is 10.0 Å². The van der Waals surface area contributed by atoms with Crippen LogP contribution in [0.2, 0.25) is 0 Å². The maximum absolute atomic E-state index is 12.7. The zero-order valence-corrected chi connectivity index (χ0v) is 18.3. The Labute approximate surface area is 174 Å². The van der Waals surface area contributed by atoms with Crippen LogP contribution in [0.3, 0.4) is 0 Å². The fraction of sp³-hybridized carbons (Fsp3) is 0.524. The Kier molecular flexibility index (Phi) is 7.21. The number of sulfonamides is 1. The topological polar surface area (TPSA) is 78.4 Å². The van der Waals surface area contributed by atoms with Crippen molar-refractivity contribution in [1.29, 1.82) is 0 Å². The first kappa shape index (κ1) is 21.7. The second-order valence-corrected chi connectivity index (χ2v) is 9.98. The van der Waals surface area contributed by atoms with Crippen molar-refractivity contribution >= 4 is 15.8 Å². The number of anilines is 1. The summed E-state index contributed by atoms with van der Waals surface area (Å²) in [6.07, 6.45) is 3.46. The number of benzene rings is 1. The Morgan fingerprint density at radius 1 is 1.14 bits per heavy atom. The van der Waals surface area contributed by atoms with E-state index in [1.54, 1.807) is 7.05 Å². The fourth-order valence-corrected chi connectivity index (χ4v) is 4.61. The molecule has 1 unspecified atom stereocenters. The van der Waals surface area contributed by atoms with Gasteiger partial charge in [0.1, 0.15) is 11.6 Å². The van der Waals surface area contributed by atoms with Crippen LogP contribution in [0.4, 0.5) is 5.82 Å². The standard InChI is InChI=1S/C21H31N5O2S/c1-25(2)20-15-18(23-21(24-20)19-12-7-13-22-19)16-26(3)29(27,28)14-8-11-17-9-5-4-6-10-17/h4-6,9-10,15,19,22H,7-8,11-14,16H2,1-3H3. The highest BCUT2D eigenvalue weighted by atomic mass is 32.2. The van der Waals surface area contributed by atoms with Crippen LogP contribution in [0.15, 0.2) is 36.4 Å². The predicted molar refractivity (Wildman–Crippen MR) is 116 cm³/mol. The Bertz CT molecular complexity index is 897. The lowest BCUT2D eigenvalue weighted by molar-refractivity contribution is 0.458. The van der Waals surface area contributed by atoms with Crippen LogP contribution in [0.25, 0.3) is 0 Å². The van der Waals surface area contributed by atoms with E-state index in [0.717, 1.165) is 48.7 Å². The van der Waals surface area contributed by atoms with Gasteiger partial charge in [-0.1, -0.05) is 30.3 Å². The van der Waals surface area contributed by atoms with Crippen LogP contribution in [0.5, 0.6) is 0 Å². The van der Waals surface area contributed by atoms with Crippen LogP contribution >= 0.6 is 0 Å². The molecule has 158 valence electrons. The van der Waals surface area contributed by atoms with Crippen LogP contribution in [-0.2, 0) is 23.0 Å². The molecule has 0 spiro atoms. The van der Waals surface area contributed by atoms with Crippen molar-refractivity contribution in [3.05, 3.63) is 53.5 Å². The summed E-state index contributed by atoms with van der Waals surface area (Å²) >= 11 is 0. The highest BCUT2D eigenvalue weighted by Crippen LogP contribution is 2.23. The van der Waals surface area contributed by atoms with Gasteiger partial charge in [-0.15, -0.1) is 0 Å². The van der Waals surface area contributed by atoms with Crippen molar-refractivity contribution in [2.24, 2.45) is 0 Å². The van der Waals surface area contributed by atoms with Crippen molar-refractivity contribution in [2.45, 2.75) is 38.3 Å². The molecule has 0 amide bonds. The van der Waals surface area contributed by atoms with Gasteiger partial charge in [-0.2, -0.15) is 4.31 Å². The smallest absolute Gasteiger partial charge is 0.214 e. The SMILES string of the molecule is CN(C)c1cc(CN(C)S(=O)(=O)CCCc2ccccc2)nc(C2CCCN2)n1. The highest BCUT2D eigenvalue weighted by Gasteiger charge is 2.23. The average Bonchev–Trinajstić information content (AvgIpc) is 3.23. The van der Waals surface area contributed by atoms with Crippen molar-refractivity contribution in [2.75, 3.05) is 38.3 Å². The number of rotatable bonds is 9. The van der Waals surface area contributed by atoms with E-state index in [4.69, 9.17) is 0 Å². The molecule has 1 aromatic carbocycles. The molecule has 1 aliphatic rings. The molecule has 8 heteroatoms. The summed E-state index contributed by atoms with van der Waals surface area (Å²) < 4.78 is 26.9. The molecule has 1 atom stereocenters. The molecular formula is C21H31N5O2S. The van der Waals surface area contributed by atoms with Gasteiger partial charge < -0.3 is 10.2 Å². The first-order chi connectivity index (χ1) is 13.8. The minimum absolute atomic E-state index is 0.126. The van der Waals surface area contributed by atoms with Gasteiger partial charge in [0.25, 0.3) is 0 Å². The molecule has 1 saturated heterocycles. The van der Waals surface area contributed by atoms with Crippen LogP contribution in [-0.4, -0.2) is 56.1 Å². The highest BCUT2D eigenvalue weighted by molar-refractivity contribution is 7.89. The summed E-state index contributed by atoms with van der Waals surface area (Å²) in [6.45, 7) is 1.21. The summed E-state index contributed by atoms with van der Waals surface area (Å²) in [5.74, 6) is 1.67. The summed E-state index contributed by atoms with van der Waals surface area (Å²) in [5, 5.41) is 3.42. The van der Waals surface area contributed by atoms with Gasteiger partial charge in [-0.3, -0.25) is 0 Å².